The fourth-order valence-electron chi connectivity index (χ4n) is 3.18. The quantitative estimate of drug-likeness (QED) is 0.452. The van der Waals surface area contributed by atoms with Crippen LogP contribution in [0, 0.1) is 12.7 Å². The maximum absolute atomic E-state index is 13.7. The Morgan fingerprint density at radius 2 is 1.81 bits per heavy atom. The average Bonchev–Trinajstić information content (AvgIpc) is 3.08. The summed E-state index contributed by atoms with van der Waals surface area (Å²) in [4.78, 5) is 11.3. The first-order valence-corrected chi connectivity index (χ1v) is 9.72. The Bertz CT molecular complexity index is 1200. The molecule has 4 rings (SSSR count). The van der Waals surface area contributed by atoms with Crippen LogP contribution in [0.1, 0.15) is 21.6 Å². The van der Waals surface area contributed by atoms with Gasteiger partial charge in [0.2, 0.25) is 11.8 Å². The van der Waals surface area contributed by atoms with E-state index in [2.05, 4.69) is 10.4 Å². The number of amides is 1. The number of aryl methyl sites for hydroxylation is 1. The van der Waals surface area contributed by atoms with Gasteiger partial charge in [0.15, 0.2) is 0 Å². The minimum atomic E-state index is -0.475. The molecule has 0 saturated heterocycles. The summed E-state index contributed by atoms with van der Waals surface area (Å²) in [6.07, 6.45) is 0. The molecular formula is C24H21FN4O2. The zero-order valence-corrected chi connectivity index (χ0v) is 16.9. The lowest BCUT2D eigenvalue weighted by Crippen LogP contribution is -2.10. The molecule has 0 unspecified atom stereocenters. The third-order valence-electron chi connectivity index (χ3n) is 4.79. The Balaban J connectivity index is 1.67. The van der Waals surface area contributed by atoms with Crippen molar-refractivity contribution in [3.05, 3.63) is 102 Å². The van der Waals surface area contributed by atoms with E-state index in [9.17, 15) is 9.18 Å². The number of anilines is 1. The number of nitrogens with zero attached hydrogens (tertiary/aromatic N) is 2. The monoisotopic (exact) mass is 416 g/mol. The number of halogens is 1. The highest BCUT2D eigenvalue weighted by Gasteiger charge is 2.19. The van der Waals surface area contributed by atoms with Gasteiger partial charge in [-0.2, -0.15) is 5.10 Å². The number of ether oxygens (including phenoxy) is 1. The van der Waals surface area contributed by atoms with Crippen LogP contribution in [0.2, 0.25) is 0 Å². The van der Waals surface area contributed by atoms with Gasteiger partial charge < -0.3 is 15.8 Å². The fourth-order valence-corrected chi connectivity index (χ4v) is 3.18. The van der Waals surface area contributed by atoms with Crippen LogP contribution in [-0.4, -0.2) is 15.7 Å². The molecule has 1 aromatic heterocycles. The first kappa shape index (κ1) is 20.2. The number of primary amides is 1. The number of nitrogens with two attached hydrogens (primary N) is 1. The summed E-state index contributed by atoms with van der Waals surface area (Å²) in [5.74, 6) is 0.0197. The van der Waals surface area contributed by atoms with Gasteiger partial charge in [-0.1, -0.05) is 24.3 Å². The first-order chi connectivity index (χ1) is 15.0. The molecule has 6 nitrogen and oxygen atoms in total. The largest absolute Gasteiger partial charge is 0.438 e. The van der Waals surface area contributed by atoms with Gasteiger partial charge in [-0.3, -0.25) is 4.79 Å². The van der Waals surface area contributed by atoms with Gasteiger partial charge in [-0.05, 0) is 55.5 Å². The van der Waals surface area contributed by atoms with Crippen LogP contribution in [0.4, 0.5) is 10.1 Å². The molecule has 7 heteroatoms. The van der Waals surface area contributed by atoms with Crippen LogP contribution in [-0.2, 0) is 6.54 Å². The van der Waals surface area contributed by atoms with E-state index in [0.29, 0.717) is 23.7 Å². The number of hydrogen-bond donors (Lipinski definition) is 2. The number of para-hydroxylation sites is 1. The van der Waals surface area contributed by atoms with E-state index in [-0.39, 0.29) is 5.82 Å². The third-order valence-corrected chi connectivity index (χ3v) is 4.79. The van der Waals surface area contributed by atoms with Crippen LogP contribution in [0.25, 0.3) is 5.69 Å². The van der Waals surface area contributed by atoms with Crippen molar-refractivity contribution in [1.29, 1.82) is 0 Å². The zero-order chi connectivity index (χ0) is 21.8. The Morgan fingerprint density at radius 1 is 1.06 bits per heavy atom. The molecule has 4 aromatic rings. The predicted molar refractivity (Wildman–Crippen MR) is 117 cm³/mol. The van der Waals surface area contributed by atoms with E-state index >= 15 is 0 Å². The molecule has 3 aromatic carbocycles. The molecule has 0 aliphatic heterocycles. The van der Waals surface area contributed by atoms with Crippen LogP contribution in [0.5, 0.6) is 11.6 Å². The molecule has 1 amide bonds. The van der Waals surface area contributed by atoms with Crippen LogP contribution in [0.3, 0.4) is 0 Å². The predicted octanol–water partition coefficient (Wildman–Crippen LogP) is 4.82. The summed E-state index contributed by atoms with van der Waals surface area (Å²) < 4.78 is 21.5. The maximum Gasteiger partial charge on any atom is 0.248 e. The molecule has 0 aliphatic carbocycles. The van der Waals surface area contributed by atoms with Crippen molar-refractivity contribution in [2.45, 2.75) is 13.5 Å². The molecule has 3 N–H and O–H groups in total. The molecule has 0 aliphatic rings. The Kier molecular flexibility index (Phi) is 5.66. The van der Waals surface area contributed by atoms with Gasteiger partial charge >= 0.3 is 0 Å². The van der Waals surface area contributed by atoms with Gasteiger partial charge in [0.25, 0.3) is 0 Å². The highest BCUT2D eigenvalue weighted by molar-refractivity contribution is 5.93. The topological polar surface area (TPSA) is 82.2 Å². The first-order valence-electron chi connectivity index (χ1n) is 9.72. The lowest BCUT2D eigenvalue weighted by Gasteiger charge is -2.12. The number of carbonyl (C=O) groups excluding carboxylic acids is 1. The number of carbonyl (C=O) groups is 1. The minimum absolute atomic E-state index is 0.379. The summed E-state index contributed by atoms with van der Waals surface area (Å²) in [6.45, 7) is 2.31. The molecule has 0 fully saturated rings. The summed E-state index contributed by atoms with van der Waals surface area (Å²) >= 11 is 0. The normalized spacial score (nSPS) is 10.6. The van der Waals surface area contributed by atoms with E-state index in [1.807, 2.05) is 37.3 Å². The number of benzene rings is 3. The molecule has 156 valence electrons. The molecule has 0 atom stereocenters. The summed E-state index contributed by atoms with van der Waals surface area (Å²) in [5, 5.41) is 7.96. The van der Waals surface area contributed by atoms with Gasteiger partial charge in [-0.25, -0.2) is 9.07 Å². The molecule has 0 spiro atoms. The number of rotatable bonds is 7. The summed E-state index contributed by atoms with van der Waals surface area (Å²) in [6, 6.07) is 22.5. The zero-order valence-electron chi connectivity index (χ0n) is 16.9. The maximum atomic E-state index is 13.7. The molecule has 31 heavy (non-hydrogen) atoms. The standard InChI is InChI=1S/C24H21FN4O2/c1-16-22(15-27-19-12-10-17(11-13-19)23(26)30)24(31-21-9-5-6-18(25)14-21)29(28-16)20-7-3-2-4-8-20/h2-14,27H,15H2,1H3,(H2,26,30). The highest BCUT2D eigenvalue weighted by atomic mass is 19.1. The van der Waals surface area contributed by atoms with Crippen LogP contribution >= 0.6 is 0 Å². The Labute approximate surface area is 179 Å². The lowest BCUT2D eigenvalue weighted by molar-refractivity contribution is 0.100. The van der Waals surface area contributed by atoms with Gasteiger partial charge in [0.1, 0.15) is 11.6 Å². The van der Waals surface area contributed by atoms with E-state index in [0.717, 1.165) is 22.6 Å². The van der Waals surface area contributed by atoms with Crippen molar-refractivity contribution in [2.24, 2.45) is 5.73 Å². The van der Waals surface area contributed by atoms with E-state index in [1.54, 1.807) is 41.1 Å². The summed E-state index contributed by atoms with van der Waals surface area (Å²) in [5.41, 5.74) is 8.98. The van der Waals surface area contributed by atoms with Crippen molar-refractivity contribution in [3.8, 4) is 17.3 Å². The molecule has 0 bridgehead atoms. The molecular weight excluding hydrogens is 395 g/mol. The van der Waals surface area contributed by atoms with Crippen molar-refractivity contribution < 1.29 is 13.9 Å². The second kappa shape index (κ2) is 8.71. The highest BCUT2D eigenvalue weighted by Crippen LogP contribution is 2.31. The number of nitrogens with one attached hydrogen (secondary N) is 1. The smallest absolute Gasteiger partial charge is 0.248 e. The van der Waals surface area contributed by atoms with Gasteiger partial charge in [0, 0.05) is 23.9 Å². The van der Waals surface area contributed by atoms with Crippen molar-refractivity contribution in [1.82, 2.24) is 9.78 Å². The van der Waals surface area contributed by atoms with Crippen LogP contribution < -0.4 is 15.8 Å². The van der Waals surface area contributed by atoms with Crippen molar-refractivity contribution in [2.75, 3.05) is 5.32 Å². The van der Waals surface area contributed by atoms with Crippen molar-refractivity contribution >= 4 is 11.6 Å². The van der Waals surface area contributed by atoms with E-state index in [1.165, 1.54) is 12.1 Å². The average molecular weight is 416 g/mol. The Morgan fingerprint density at radius 3 is 2.48 bits per heavy atom. The SMILES string of the molecule is Cc1nn(-c2ccccc2)c(Oc2cccc(F)c2)c1CNc1ccc(C(N)=O)cc1. The molecule has 1 heterocycles. The van der Waals surface area contributed by atoms with E-state index in [4.69, 9.17) is 10.5 Å². The minimum Gasteiger partial charge on any atom is -0.438 e. The molecule has 0 saturated carbocycles. The number of aromatic nitrogens is 2. The second-order valence-electron chi connectivity index (χ2n) is 6.97. The van der Waals surface area contributed by atoms with Gasteiger partial charge in [-0.15, -0.1) is 0 Å². The second-order valence-corrected chi connectivity index (χ2v) is 6.97. The van der Waals surface area contributed by atoms with Gasteiger partial charge in [0.05, 0.1) is 16.9 Å². The molecule has 0 radical (unpaired) electrons. The van der Waals surface area contributed by atoms with Crippen molar-refractivity contribution in [3.63, 3.8) is 0 Å². The lowest BCUT2D eigenvalue weighted by atomic mass is 10.2. The third kappa shape index (κ3) is 4.56. The fraction of sp³-hybridized carbons (Fsp3) is 0.0833. The Hall–Kier alpha value is -4.13. The number of hydrogen-bond acceptors (Lipinski definition) is 4. The van der Waals surface area contributed by atoms with E-state index < -0.39 is 5.91 Å². The van der Waals surface area contributed by atoms with Crippen LogP contribution in [0.15, 0.2) is 78.9 Å². The summed E-state index contributed by atoms with van der Waals surface area (Å²) in [7, 11) is 0.